The van der Waals surface area contributed by atoms with Gasteiger partial charge in [-0.05, 0) is 18.2 Å². The number of amides is 1. The van der Waals surface area contributed by atoms with Gasteiger partial charge in [-0.3, -0.25) is 0 Å². The standard InChI is InChI=1S/C13H14ClNO4/c1-2-6-17-8-12(19-13(15)16)9-18-11-5-3-4-10(14)7-11/h1,3-5,7,12H,6,8-9H2,(H2,15,16). The fraction of sp³-hybridized carbons (Fsp3) is 0.308. The first-order valence-electron chi connectivity index (χ1n) is 5.47. The van der Waals surface area contributed by atoms with Crippen LogP contribution in [0.4, 0.5) is 4.79 Å². The van der Waals surface area contributed by atoms with Gasteiger partial charge in [0, 0.05) is 5.02 Å². The lowest BCUT2D eigenvalue weighted by Gasteiger charge is -2.17. The van der Waals surface area contributed by atoms with E-state index in [1.54, 1.807) is 24.3 Å². The highest BCUT2D eigenvalue weighted by Crippen LogP contribution is 2.17. The van der Waals surface area contributed by atoms with E-state index in [0.717, 1.165) is 0 Å². The summed E-state index contributed by atoms with van der Waals surface area (Å²) in [5.74, 6) is 2.86. The van der Waals surface area contributed by atoms with Crippen molar-refractivity contribution in [3.63, 3.8) is 0 Å². The zero-order valence-corrected chi connectivity index (χ0v) is 10.9. The Kier molecular flexibility index (Phi) is 6.58. The molecule has 1 amide bonds. The molecule has 0 radical (unpaired) electrons. The molecule has 1 rings (SSSR count). The van der Waals surface area contributed by atoms with Crippen LogP contribution < -0.4 is 10.5 Å². The van der Waals surface area contributed by atoms with Gasteiger partial charge in [-0.1, -0.05) is 23.6 Å². The second-order valence-corrected chi connectivity index (χ2v) is 3.98. The summed E-state index contributed by atoms with van der Waals surface area (Å²) < 4.78 is 15.4. The molecule has 102 valence electrons. The molecule has 0 heterocycles. The molecule has 0 aromatic heterocycles. The van der Waals surface area contributed by atoms with Crippen LogP contribution in [0.3, 0.4) is 0 Å². The van der Waals surface area contributed by atoms with Gasteiger partial charge in [0.05, 0.1) is 6.61 Å². The summed E-state index contributed by atoms with van der Waals surface area (Å²) >= 11 is 5.81. The topological polar surface area (TPSA) is 70.8 Å². The zero-order valence-electron chi connectivity index (χ0n) is 10.2. The Hall–Kier alpha value is -1.90. The van der Waals surface area contributed by atoms with Crippen molar-refractivity contribution >= 4 is 17.7 Å². The molecular formula is C13H14ClNO4. The van der Waals surface area contributed by atoms with Crippen LogP contribution in [-0.4, -0.2) is 32.0 Å². The van der Waals surface area contributed by atoms with Gasteiger partial charge in [0.2, 0.25) is 0 Å². The Morgan fingerprint density at radius 1 is 1.47 bits per heavy atom. The van der Waals surface area contributed by atoms with Gasteiger partial charge in [0.25, 0.3) is 0 Å². The van der Waals surface area contributed by atoms with Crippen LogP contribution in [0.1, 0.15) is 0 Å². The maximum absolute atomic E-state index is 10.7. The van der Waals surface area contributed by atoms with Gasteiger partial charge < -0.3 is 19.9 Å². The molecule has 1 aromatic carbocycles. The quantitative estimate of drug-likeness (QED) is 0.612. The zero-order chi connectivity index (χ0) is 14.1. The van der Waals surface area contributed by atoms with Crippen molar-refractivity contribution in [3.05, 3.63) is 29.3 Å². The van der Waals surface area contributed by atoms with Gasteiger partial charge in [-0.25, -0.2) is 4.79 Å². The van der Waals surface area contributed by atoms with Gasteiger partial charge >= 0.3 is 6.09 Å². The number of rotatable bonds is 7. The number of halogens is 1. The second kappa shape index (κ2) is 8.25. The van der Waals surface area contributed by atoms with Gasteiger partial charge in [-0.15, -0.1) is 6.42 Å². The molecule has 1 unspecified atom stereocenters. The molecule has 19 heavy (non-hydrogen) atoms. The monoisotopic (exact) mass is 283 g/mol. The summed E-state index contributed by atoms with van der Waals surface area (Å²) in [7, 11) is 0. The number of nitrogens with two attached hydrogens (primary N) is 1. The maximum Gasteiger partial charge on any atom is 0.404 e. The van der Waals surface area contributed by atoms with Crippen LogP contribution >= 0.6 is 11.6 Å². The Bertz CT molecular complexity index is 458. The molecule has 0 saturated heterocycles. The van der Waals surface area contributed by atoms with Crippen LogP contribution in [-0.2, 0) is 9.47 Å². The summed E-state index contributed by atoms with van der Waals surface area (Å²) in [5, 5.41) is 0.549. The van der Waals surface area contributed by atoms with E-state index in [9.17, 15) is 4.79 Å². The normalized spacial score (nSPS) is 11.4. The number of terminal acetylenes is 1. The average molecular weight is 284 g/mol. The van der Waals surface area contributed by atoms with Crippen LogP contribution in [0, 0.1) is 12.3 Å². The predicted octanol–water partition coefficient (Wildman–Crippen LogP) is 1.83. The molecule has 2 N–H and O–H groups in total. The molecule has 0 bridgehead atoms. The third-order valence-corrected chi connectivity index (χ3v) is 2.24. The van der Waals surface area contributed by atoms with E-state index < -0.39 is 12.2 Å². The number of hydrogen-bond donors (Lipinski definition) is 1. The summed E-state index contributed by atoms with van der Waals surface area (Å²) in [6.07, 6.45) is 3.51. The Labute approximate surface area is 116 Å². The number of hydrogen-bond acceptors (Lipinski definition) is 4. The summed E-state index contributed by atoms with van der Waals surface area (Å²) in [5.41, 5.74) is 4.96. The van der Waals surface area contributed by atoms with Crippen LogP contribution in [0.25, 0.3) is 0 Å². The SMILES string of the molecule is C#CCOCC(COc1cccc(Cl)c1)OC(N)=O. The Morgan fingerprint density at radius 2 is 2.26 bits per heavy atom. The third-order valence-electron chi connectivity index (χ3n) is 2.00. The van der Waals surface area contributed by atoms with Gasteiger partial charge in [-0.2, -0.15) is 0 Å². The highest BCUT2D eigenvalue weighted by atomic mass is 35.5. The van der Waals surface area contributed by atoms with Gasteiger partial charge in [0.1, 0.15) is 19.0 Å². The highest BCUT2D eigenvalue weighted by Gasteiger charge is 2.14. The lowest BCUT2D eigenvalue weighted by Crippen LogP contribution is -2.32. The number of primary amides is 1. The first kappa shape index (κ1) is 15.2. The van der Waals surface area contributed by atoms with Crippen molar-refractivity contribution in [2.45, 2.75) is 6.10 Å². The van der Waals surface area contributed by atoms with E-state index in [1.165, 1.54) is 0 Å². The van der Waals surface area contributed by atoms with Crippen LogP contribution in [0.2, 0.25) is 5.02 Å². The first-order chi connectivity index (χ1) is 9.11. The number of benzene rings is 1. The maximum atomic E-state index is 10.7. The smallest absolute Gasteiger partial charge is 0.404 e. The minimum Gasteiger partial charge on any atom is -0.490 e. The summed E-state index contributed by atoms with van der Waals surface area (Å²) in [6.45, 7) is 0.317. The van der Waals surface area contributed by atoms with Crippen molar-refractivity contribution in [3.8, 4) is 18.1 Å². The number of carbonyl (C=O) groups excluding carboxylic acids is 1. The Balaban J connectivity index is 2.47. The van der Waals surface area contributed by atoms with E-state index in [-0.39, 0.29) is 19.8 Å². The average Bonchev–Trinajstić information content (AvgIpc) is 2.35. The summed E-state index contributed by atoms with van der Waals surface area (Å²) in [6, 6.07) is 6.85. The van der Waals surface area contributed by atoms with Crippen LogP contribution in [0.15, 0.2) is 24.3 Å². The molecule has 0 aliphatic carbocycles. The molecule has 0 aliphatic rings. The first-order valence-corrected chi connectivity index (χ1v) is 5.85. The minimum atomic E-state index is -0.899. The van der Waals surface area contributed by atoms with Gasteiger partial charge in [0.15, 0.2) is 6.10 Å². The van der Waals surface area contributed by atoms with Crippen molar-refractivity contribution < 1.29 is 19.0 Å². The van der Waals surface area contributed by atoms with E-state index in [0.29, 0.717) is 10.8 Å². The molecule has 0 spiro atoms. The van der Waals surface area contributed by atoms with Crippen LogP contribution in [0.5, 0.6) is 5.75 Å². The fourth-order valence-electron chi connectivity index (χ4n) is 1.28. The van der Waals surface area contributed by atoms with E-state index in [4.69, 9.17) is 38.0 Å². The Morgan fingerprint density at radius 3 is 2.89 bits per heavy atom. The highest BCUT2D eigenvalue weighted by molar-refractivity contribution is 6.30. The van der Waals surface area contributed by atoms with Crippen molar-refractivity contribution in [2.24, 2.45) is 5.73 Å². The number of ether oxygens (including phenoxy) is 3. The van der Waals surface area contributed by atoms with Crippen molar-refractivity contribution in [2.75, 3.05) is 19.8 Å². The molecule has 1 aromatic rings. The molecule has 0 saturated carbocycles. The number of carbonyl (C=O) groups is 1. The lowest BCUT2D eigenvalue weighted by atomic mass is 10.3. The molecule has 1 atom stereocenters. The fourth-order valence-corrected chi connectivity index (χ4v) is 1.46. The van der Waals surface area contributed by atoms with E-state index >= 15 is 0 Å². The second-order valence-electron chi connectivity index (χ2n) is 3.55. The van der Waals surface area contributed by atoms with E-state index in [2.05, 4.69) is 5.92 Å². The largest absolute Gasteiger partial charge is 0.490 e. The molecule has 5 nitrogen and oxygen atoms in total. The molecular weight excluding hydrogens is 270 g/mol. The van der Waals surface area contributed by atoms with Crippen molar-refractivity contribution in [1.82, 2.24) is 0 Å². The predicted molar refractivity (Wildman–Crippen MR) is 71.1 cm³/mol. The molecule has 6 heteroatoms. The summed E-state index contributed by atoms with van der Waals surface area (Å²) in [4.78, 5) is 10.7. The lowest BCUT2D eigenvalue weighted by molar-refractivity contribution is 0.0101. The minimum absolute atomic E-state index is 0.0911. The molecule has 0 aliphatic heterocycles. The third kappa shape index (κ3) is 6.55. The van der Waals surface area contributed by atoms with Crippen molar-refractivity contribution in [1.29, 1.82) is 0 Å². The van der Waals surface area contributed by atoms with E-state index in [1.807, 2.05) is 0 Å². The molecule has 0 fully saturated rings.